The van der Waals surface area contributed by atoms with E-state index in [1.807, 2.05) is 30.5 Å². The van der Waals surface area contributed by atoms with Gasteiger partial charge in [-0.15, -0.1) is 23.6 Å². The summed E-state index contributed by atoms with van der Waals surface area (Å²) in [6.45, 7) is 13.4. The Balaban J connectivity index is 0.000000516. The summed E-state index contributed by atoms with van der Waals surface area (Å²) in [4.78, 5) is 5.43. The Labute approximate surface area is 515 Å². The number of hydrogen-bond donors (Lipinski definition) is 2. The maximum atomic E-state index is 10.2. The van der Waals surface area contributed by atoms with Crippen LogP contribution in [0.15, 0.2) is 121 Å². The summed E-state index contributed by atoms with van der Waals surface area (Å²) in [5.41, 5.74) is 19.1. The van der Waals surface area contributed by atoms with Crippen molar-refractivity contribution in [1.29, 1.82) is 0 Å². The summed E-state index contributed by atoms with van der Waals surface area (Å²) in [6.07, 6.45) is 38.6. The number of thiophene rings is 1. The predicted octanol–water partition coefficient (Wildman–Crippen LogP) is 22.8. The average molecular weight is 1300 g/mol. The van der Waals surface area contributed by atoms with Gasteiger partial charge in [0.1, 0.15) is 0 Å². The zero-order valence-corrected chi connectivity index (χ0v) is 54.7. The van der Waals surface area contributed by atoms with Crippen molar-refractivity contribution in [3.05, 3.63) is 161 Å². The number of fused-ring (bicyclic) bond motifs is 7. The fraction of sp³-hybridized carbons (Fsp3) is 0.519. The topological polar surface area (TPSA) is 53.4 Å². The van der Waals surface area contributed by atoms with Gasteiger partial charge in [0.05, 0.1) is 12.2 Å². The van der Waals surface area contributed by atoms with Gasteiger partial charge < -0.3 is 15.2 Å². The third-order valence-electron chi connectivity index (χ3n) is 18.5. The van der Waals surface area contributed by atoms with Crippen molar-refractivity contribution in [3.63, 3.8) is 0 Å². The van der Waals surface area contributed by atoms with E-state index in [0.717, 1.165) is 23.4 Å². The molecule has 0 bridgehead atoms. The van der Waals surface area contributed by atoms with Crippen LogP contribution in [0, 0.1) is 19.9 Å². The van der Waals surface area contributed by atoms with E-state index in [4.69, 9.17) is 0 Å². The first-order valence-corrected chi connectivity index (χ1v) is 33.6. The Hall–Kier alpha value is -4.22. The zero-order valence-electron chi connectivity index (χ0n) is 51.5. The van der Waals surface area contributed by atoms with Gasteiger partial charge >= 0.3 is 0 Å². The molecule has 2 aliphatic carbocycles. The molecule has 0 saturated heterocycles. The molecule has 1 radical (unpaired) electrons. The molecule has 2 aromatic heterocycles. The Morgan fingerprint density at radius 3 is 1.30 bits per heavy atom. The van der Waals surface area contributed by atoms with Crippen molar-refractivity contribution in [1.82, 2.24) is 4.98 Å². The normalized spacial score (nSPS) is 15.3. The van der Waals surface area contributed by atoms with E-state index in [0.29, 0.717) is 6.42 Å². The summed E-state index contributed by atoms with van der Waals surface area (Å²) in [7, 11) is 0. The molecule has 2 N–H and O–H groups in total. The Bertz CT molecular complexity index is 2940. The number of hydrogen-bond acceptors (Lipinski definition) is 4. The number of aliphatic hydroxyl groups is 2. The SMILES string of the molecule is CCCCCCCCC1(CCCCCCCC)c2cc(C)ccc2-c2ccc(-c3ccc4c(c3)C(CCCCCC)(CCCCCCCCCCC(O)CC(C)O)c3cc(C)ccc3-4)cc21.[Ir].[c-]1c(-c2ccccn2)sc2ccccc12. The third-order valence-corrected chi connectivity index (χ3v) is 19.6. The van der Waals surface area contributed by atoms with Crippen LogP contribution in [0.3, 0.4) is 0 Å². The number of pyridine rings is 1. The first kappa shape index (κ1) is 65.3. The van der Waals surface area contributed by atoms with E-state index in [-0.39, 0.29) is 37.0 Å². The summed E-state index contributed by atoms with van der Waals surface area (Å²) in [5.74, 6) is 0. The molecule has 9 rings (SSSR count). The molecule has 443 valence electrons. The van der Waals surface area contributed by atoms with Crippen LogP contribution in [0.2, 0.25) is 0 Å². The molecular formula is C77H102IrNO2S-. The minimum atomic E-state index is -0.416. The quantitative estimate of drug-likeness (QED) is 0.0312. The summed E-state index contributed by atoms with van der Waals surface area (Å²) in [6, 6.07) is 47.7. The van der Waals surface area contributed by atoms with Crippen molar-refractivity contribution in [3.8, 4) is 44.0 Å². The van der Waals surface area contributed by atoms with Crippen LogP contribution in [0.1, 0.15) is 254 Å². The molecule has 7 aromatic rings. The van der Waals surface area contributed by atoms with Crippen molar-refractivity contribution >= 4 is 21.4 Å². The summed E-state index contributed by atoms with van der Waals surface area (Å²) < 4.78 is 1.26. The van der Waals surface area contributed by atoms with Crippen LogP contribution in [0.5, 0.6) is 0 Å². The molecule has 2 aliphatic rings. The summed E-state index contributed by atoms with van der Waals surface area (Å²) >= 11 is 1.73. The van der Waals surface area contributed by atoms with Crippen molar-refractivity contribution in [2.75, 3.05) is 0 Å². The standard InChI is InChI=1S/C64H94O2.C13H8NS.Ir/c1-7-10-13-16-23-28-41-64(42-29-24-17-14-11-8-2)60-45-50(5)33-37-56(60)58-39-35-53(48-62(58)64)52-34-38-57-55-36-32-49(4)44-59(55)63(61(57)47-52,40-27-15-12-9-3)43-30-25-21-19-18-20-22-26-31-54(66)46-51(6)65;1-2-7-12-10(5-1)9-13(15-12)11-6-3-4-8-14-11;/h32-39,44-45,47-48,51,54,65-66H,7-31,40-43,46H2,1-6H3;1-8H;/q;-1;. The molecule has 0 saturated carbocycles. The van der Waals surface area contributed by atoms with Gasteiger partial charge in [0.15, 0.2) is 0 Å². The van der Waals surface area contributed by atoms with Crippen LogP contribution in [-0.4, -0.2) is 27.4 Å². The van der Waals surface area contributed by atoms with Crippen molar-refractivity contribution in [2.24, 2.45) is 0 Å². The van der Waals surface area contributed by atoms with Crippen molar-refractivity contribution in [2.45, 2.75) is 257 Å². The fourth-order valence-electron chi connectivity index (χ4n) is 14.1. The number of benzene rings is 5. The monoisotopic (exact) mass is 1300 g/mol. The minimum absolute atomic E-state index is 0. The van der Waals surface area contributed by atoms with Gasteiger partial charge in [-0.05, 0) is 143 Å². The van der Waals surface area contributed by atoms with E-state index in [9.17, 15) is 10.2 Å². The molecule has 3 atom stereocenters. The molecule has 3 unspecified atom stereocenters. The number of unbranched alkanes of at least 4 members (excludes halogenated alkanes) is 20. The second-order valence-corrected chi connectivity index (χ2v) is 26.1. The van der Waals surface area contributed by atoms with E-state index in [2.05, 4.69) is 137 Å². The minimum Gasteiger partial charge on any atom is -0.393 e. The molecule has 82 heavy (non-hydrogen) atoms. The first-order chi connectivity index (χ1) is 39.6. The molecule has 0 aliphatic heterocycles. The largest absolute Gasteiger partial charge is 0.393 e. The second-order valence-electron chi connectivity index (χ2n) is 25.0. The van der Waals surface area contributed by atoms with E-state index >= 15 is 0 Å². The van der Waals surface area contributed by atoms with Crippen LogP contribution < -0.4 is 0 Å². The van der Waals surface area contributed by atoms with Gasteiger partial charge in [0, 0.05) is 42.8 Å². The summed E-state index contributed by atoms with van der Waals surface area (Å²) in [5, 5.41) is 20.9. The van der Waals surface area contributed by atoms with E-state index in [1.165, 1.54) is 228 Å². The van der Waals surface area contributed by atoms with Gasteiger partial charge in [-0.2, -0.15) is 0 Å². The van der Waals surface area contributed by atoms with Gasteiger partial charge in [0.25, 0.3) is 0 Å². The number of rotatable bonds is 34. The Kier molecular flexibility index (Phi) is 26.7. The van der Waals surface area contributed by atoms with Crippen LogP contribution in [0.4, 0.5) is 0 Å². The first-order valence-electron chi connectivity index (χ1n) is 32.8. The number of aliphatic hydroxyl groups excluding tert-OH is 2. The van der Waals surface area contributed by atoms with Gasteiger partial charge in [-0.3, -0.25) is 0 Å². The van der Waals surface area contributed by atoms with E-state index < -0.39 is 6.10 Å². The maximum Gasteiger partial charge on any atom is 0.0564 e. The van der Waals surface area contributed by atoms with Gasteiger partial charge in [0.2, 0.25) is 0 Å². The van der Waals surface area contributed by atoms with E-state index in [1.54, 1.807) is 40.5 Å². The predicted molar refractivity (Wildman–Crippen MR) is 351 cm³/mol. The molecule has 5 heteroatoms. The van der Waals surface area contributed by atoms with Crippen LogP contribution in [-0.2, 0) is 30.9 Å². The zero-order chi connectivity index (χ0) is 56.9. The molecule has 0 spiro atoms. The molecule has 5 aromatic carbocycles. The Morgan fingerprint density at radius 1 is 0.463 bits per heavy atom. The molecule has 0 fully saturated rings. The number of nitrogens with zero attached hydrogens (tertiary/aromatic N) is 1. The number of aromatic nitrogens is 1. The number of aryl methyl sites for hydroxylation is 2. The fourth-order valence-corrected chi connectivity index (χ4v) is 15.1. The molecule has 0 amide bonds. The maximum absolute atomic E-state index is 10.2. The van der Waals surface area contributed by atoms with Crippen LogP contribution in [0.25, 0.3) is 54.0 Å². The second kappa shape index (κ2) is 33.5. The molecular weight excluding hydrogens is 1200 g/mol. The van der Waals surface area contributed by atoms with Crippen LogP contribution >= 0.6 is 11.3 Å². The molecule has 3 nitrogen and oxygen atoms in total. The van der Waals surface area contributed by atoms with Gasteiger partial charge in [-0.25, -0.2) is 11.3 Å². The average Bonchev–Trinajstić information content (AvgIpc) is 2.02. The molecule has 2 heterocycles. The van der Waals surface area contributed by atoms with Crippen molar-refractivity contribution < 1.29 is 30.3 Å². The Morgan fingerprint density at radius 2 is 0.866 bits per heavy atom. The smallest absolute Gasteiger partial charge is 0.0564 e. The third kappa shape index (κ3) is 17.0. The van der Waals surface area contributed by atoms with Gasteiger partial charge in [-0.1, -0.05) is 271 Å².